The zero-order valence-corrected chi connectivity index (χ0v) is 13.1. The molecule has 1 aromatic rings. The lowest BCUT2D eigenvalue weighted by atomic mass is 10.2. The first kappa shape index (κ1) is 15.1. The predicted octanol–water partition coefficient (Wildman–Crippen LogP) is 2.66. The van der Waals surface area contributed by atoms with Gasteiger partial charge in [-0.05, 0) is 44.2 Å². The van der Waals surface area contributed by atoms with E-state index in [-0.39, 0.29) is 12.5 Å². The quantitative estimate of drug-likeness (QED) is 0.866. The van der Waals surface area contributed by atoms with Crippen LogP contribution in [0.5, 0.6) is 0 Å². The Kier molecular flexibility index (Phi) is 4.85. The van der Waals surface area contributed by atoms with Gasteiger partial charge in [0.25, 0.3) is 5.91 Å². The Morgan fingerprint density at radius 1 is 1.60 bits per heavy atom. The molecular formula is C16H21NO2S. The van der Waals surface area contributed by atoms with Crippen molar-refractivity contribution in [2.24, 2.45) is 5.92 Å². The zero-order chi connectivity index (χ0) is 14.7. The molecule has 1 saturated carbocycles. The summed E-state index contributed by atoms with van der Waals surface area (Å²) in [5, 5.41) is 8.74. The first-order valence-corrected chi connectivity index (χ1v) is 7.83. The van der Waals surface area contributed by atoms with E-state index in [2.05, 4.69) is 18.8 Å². The van der Waals surface area contributed by atoms with E-state index in [9.17, 15) is 4.79 Å². The molecule has 0 saturated heterocycles. The van der Waals surface area contributed by atoms with Crippen molar-refractivity contribution in [1.82, 2.24) is 4.90 Å². The first-order valence-electron chi connectivity index (χ1n) is 7.02. The SMILES string of the molecule is Cc1cc(C(=O)N(C)C(C)C2CC2)sc1C#CCCO. The van der Waals surface area contributed by atoms with Crippen LogP contribution in [0.25, 0.3) is 0 Å². The van der Waals surface area contributed by atoms with Crippen molar-refractivity contribution in [3.63, 3.8) is 0 Å². The second kappa shape index (κ2) is 6.43. The number of hydrogen-bond acceptors (Lipinski definition) is 3. The van der Waals surface area contributed by atoms with Gasteiger partial charge < -0.3 is 10.0 Å². The maximum Gasteiger partial charge on any atom is 0.263 e. The third-order valence-electron chi connectivity index (χ3n) is 3.80. The van der Waals surface area contributed by atoms with E-state index in [1.165, 1.54) is 24.2 Å². The van der Waals surface area contributed by atoms with Gasteiger partial charge in [-0.3, -0.25) is 4.79 Å². The first-order chi connectivity index (χ1) is 9.54. The minimum Gasteiger partial charge on any atom is -0.395 e. The fourth-order valence-corrected chi connectivity index (χ4v) is 3.19. The maximum atomic E-state index is 12.5. The molecule has 1 unspecified atom stereocenters. The summed E-state index contributed by atoms with van der Waals surface area (Å²) in [7, 11) is 1.89. The van der Waals surface area contributed by atoms with Gasteiger partial charge in [0.05, 0.1) is 16.4 Å². The monoisotopic (exact) mass is 291 g/mol. The number of aliphatic hydroxyl groups is 1. The maximum absolute atomic E-state index is 12.5. The third-order valence-corrected chi connectivity index (χ3v) is 4.94. The van der Waals surface area contributed by atoms with Crippen molar-refractivity contribution < 1.29 is 9.90 Å². The highest BCUT2D eigenvalue weighted by molar-refractivity contribution is 7.14. The summed E-state index contributed by atoms with van der Waals surface area (Å²) in [6, 6.07) is 2.24. The molecule has 2 rings (SSSR count). The summed E-state index contributed by atoms with van der Waals surface area (Å²) >= 11 is 1.45. The van der Waals surface area contributed by atoms with Crippen molar-refractivity contribution >= 4 is 17.2 Å². The number of amides is 1. The number of carbonyl (C=O) groups excluding carboxylic acids is 1. The predicted molar refractivity (Wildman–Crippen MR) is 81.9 cm³/mol. The summed E-state index contributed by atoms with van der Waals surface area (Å²) < 4.78 is 0. The second-order valence-electron chi connectivity index (χ2n) is 5.39. The van der Waals surface area contributed by atoms with Crippen LogP contribution in [0.2, 0.25) is 0 Å². The molecule has 1 aliphatic rings. The lowest BCUT2D eigenvalue weighted by Gasteiger charge is -2.24. The van der Waals surface area contributed by atoms with E-state index < -0.39 is 0 Å². The molecule has 1 heterocycles. The molecule has 1 atom stereocenters. The van der Waals surface area contributed by atoms with Gasteiger partial charge in [0.2, 0.25) is 0 Å². The van der Waals surface area contributed by atoms with Gasteiger partial charge in [-0.2, -0.15) is 0 Å². The number of rotatable bonds is 4. The van der Waals surface area contributed by atoms with Crippen LogP contribution in [0.15, 0.2) is 6.07 Å². The van der Waals surface area contributed by atoms with Gasteiger partial charge in [0, 0.05) is 19.5 Å². The van der Waals surface area contributed by atoms with Crippen molar-refractivity contribution in [2.75, 3.05) is 13.7 Å². The molecule has 0 radical (unpaired) electrons. The Morgan fingerprint density at radius 2 is 2.30 bits per heavy atom. The van der Waals surface area contributed by atoms with Crippen LogP contribution in [0.1, 0.15) is 46.3 Å². The number of aryl methyl sites for hydroxylation is 1. The molecule has 1 aliphatic carbocycles. The van der Waals surface area contributed by atoms with Crippen molar-refractivity contribution in [3.05, 3.63) is 21.4 Å². The van der Waals surface area contributed by atoms with Crippen LogP contribution in [0.3, 0.4) is 0 Å². The summed E-state index contributed by atoms with van der Waals surface area (Å²) in [6.07, 6.45) is 2.94. The summed E-state index contributed by atoms with van der Waals surface area (Å²) in [6.45, 7) is 4.17. The van der Waals surface area contributed by atoms with Crippen molar-refractivity contribution in [3.8, 4) is 11.8 Å². The number of carbonyl (C=O) groups is 1. The molecule has 0 spiro atoms. The second-order valence-corrected chi connectivity index (χ2v) is 6.44. The molecule has 20 heavy (non-hydrogen) atoms. The number of nitrogens with zero attached hydrogens (tertiary/aromatic N) is 1. The van der Waals surface area contributed by atoms with Crippen LogP contribution in [0.4, 0.5) is 0 Å². The highest BCUT2D eigenvalue weighted by Crippen LogP contribution is 2.35. The minimum atomic E-state index is 0.0743. The molecule has 0 bridgehead atoms. The third kappa shape index (κ3) is 3.41. The average molecular weight is 291 g/mol. The van der Waals surface area contributed by atoms with Gasteiger partial charge >= 0.3 is 0 Å². The van der Waals surface area contributed by atoms with Crippen LogP contribution in [-0.2, 0) is 0 Å². The molecule has 1 N–H and O–H groups in total. The molecular weight excluding hydrogens is 270 g/mol. The highest BCUT2D eigenvalue weighted by Gasteiger charge is 2.33. The van der Waals surface area contributed by atoms with E-state index in [1.807, 2.05) is 24.9 Å². The smallest absolute Gasteiger partial charge is 0.263 e. The van der Waals surface area contributed by atoms with Gasteiger partial charge in [0.15, 0.2) is 0 Å². The molecule has 1 fully saturated rings. The summed E-state index contributed by atoms with van der Waals surface area (Å²) in [4.78, 5) is 16.0. The van der Waals surface area contributed by atoms with E-state index in [0.717, 1.165) is 15.3 Å². The molecule has 1 amide bonds. The summed E-state index contributed by atoms with van der Waals surface area (Å²) in [5.74, 6) is 6.71. The van der Waals surface area contributed by atoms with E-state index in [0.29, 0.717) is 18.4 Å². The zero-order valence-electron chi connectivity index (χ0n) is 12.3. The Bertz CT molecular complexity index is 549. The molecule has 1 aromatic heterocycles. The van der Waals surface area contributed by atoms with Gasteiger partial charge in [-0.1, -0.05) is 11.8 Å². The fourth-order valence-electron chi connectivity index (χ4n) is 2.16. The van der Waals surface area contributed by atoms with Gasteiger partial charge in [-0.25, -0.2) is 0 Å². The molecule has 4 heteroatoms. The molecule has 0 aromatic carbocycles. The van der Waals surface area contributed by atoms with E-state index >= 15 is 0 Å². The number of aliphatic hydroxyl groups excluding tert-OH is 1. The van der Waals surface area contributed by atoms with Crippen LogP contribution >= 0.6 is 11.3 Å². The minimum absolute atomic E-state index is 0.0743. The van der Waals surface area contributed by atoms with E-state index in [1.54, 1.807) is 0 Å². The lowest BCUT2D eigenvalue weighted by molar-refractivity contribution is 0.0732. The van der Waals surface area contributed by atoms with E-state index in [4.69, 9.17) is 5.11 Å². The Labute approximate surface area is 124 Å². The van der Waals surface area contributed by atoms with Gasteiger partial charge in [-0.15, -0.1) is 11.3 Å². The Morgan fingerprint density at radius 3 is 2.90 bits per heavy atom. The van der Waals surface area contributed by atoms with Crippen molar-refractivity contribution in [2.45, 2.75) is 39.2 Å². The standard InChI is InChI=1S/C16H21NO2S/c1-11-10-15(20-14(11)6-4-5-9-18)16(19)17(3)12(2)13-7-8-13/h10,12-13,18H,5,7-9H2,1-3H3. The lowest BCUT2D eigenvalue weighted by Crippen LogP contribution is -2.35. The Balaban J connectivity index is 2.10. The fraction of sp³-hybridized carbons (Fsp3) is 0.562. The average Bonchev–Trinajstić information content (AvgIpc) is 3.22. The Hall–Kier alpha value is -1.31. The molecule has 108 valence electrons. The highest BCUT2D eigenvalue weighted by atomic mass is 32.1. The largest absolute Gasteiger partial charge is 0.395 e. The number of thiophene rings is 1. The summed E-state index contributed by atoms with van der Waals surface area (Å²) in [5.41, 5.74) is 1.04. The van der Waals surface area contributed by atoms with Crippen LogP contribution in [0, 0.1) is 24.7 Å². The topological polar surface area (TPSA) is 40.5 Å². The normalized spacial score (nSPS) is 15.4. The number of hydrogen-bond donors (Lipinski definition) is 1. The van der Waals surface area contributed by atoms with Crippen molar-refractivity contribution in [1.29, 1.82) is 0 Å². The molecule has 3 nitrogen and oxygen atoms in total. The molecule has 0 aliphatic heterocycles. The van der Waals surface area contributed by atoms with Crippen LogP contribution in [-0.4, -0.2) is 35.6 Å². The van der Waals surface area contributed by atoms with Crippen LogP contribution < -0.4 is 0 Å². The van der Waals surface area contributed by atoms with Gasteiger partial charge in [0.1, 0.15) is 0 Å².